The first-order valence-corrected chi connectivity index (χ1v) is 11.4. The first-order chi connectivity index (χ1) is 16.7. The molecular weight excluding hydrogens is 458 g/mol. The number of anilines is 1. The highest BCUT2D eigenvalue weighted by atomic mass is 16.6. The number of nitrogens with one attached hydrogen (secondary N) is 1. The van der Waals surface area contributed by atoms with E-state index in [1.807, 2.05) is 13.1 Å². The number of benzene rings is 2. The Morgan fingerprint density at radius 1 is 1.20 bits per heavy atom. The zero-order chi connectivity index (χ0) is 24.7. The summed E-state index contributed by atoms with van der Waals surface area (Å²) in [6.07, 6.45) is 1.28. The van der Waals surface area contributed by atoms with Crippen LogP contribution in [0.3, 0.4) is 0 Å². The van der Waals surface area contributed by atoms with Crippen LogP contribution in [0.4, 0.5) is 17.1 Å². The molecule has 12 nitrogen and oxygen atoms in total. The van der Waals surface area contributed by atoms with Crippen molar-refractivity contribution < 1.29 is 24.8 Å². The Kier molecular flexibility index (Phi) is 4.42. The number of piperidine rings is 1. The molecule has 1 spiro atoms. The maximum absolute atomic E-state index is 12.1. The Balaban J connectivity index is 1.46. The van der Waals surface area contributed by atoms with E-state index in [2.05, 4.69) is 15.4 Å². The molecule has 1 saturated heterocycles. The van der Waals surface area contributed by atoms with Crippen LogP contribution in [0, 0.1) is 20.2 Å². The Hall–Kier alpha value is -3.77. The number of rotatable bonds is 4. The molecule has 0 amide bonds. The summed E-state index contributed by atoms with van der Waals surface area (Å²) < 4.78 is 6.31. The van der Waals surface area contributed by atoms with E-state index in [1.165, 1.54) is 12.1 Å². The first kappa shape index (κ1) is 21.7. The number of aromatic hydroxyl groups is 1. The average molecular weight is 481 g/mol. The van der Waals surface area contributed by atoms with Gasteiger partial charge in [-0.15, -0.1) is 0 Å². The van der Waals surface area contributed by atoms with E-state index in [1.54, 1.807) is 6.07 Å². The van der Waals surface area contributed by atoms with E-state index in [0.29, 0.717) is 37.1 Å². The summed E-state index contributed by atoms with van der Waals surface area (Å²) >= 11 is 0. The van der Waals surface area contributed by atoms with Crippen molar-refractivity contribution in [1.29, 1.82) is 0 Å². The van der Waals surface area contributed by atoms with Crippen LogP contribution in [0.5, 0.6) is 11.5 Å². The van der Waals surface area contributed by atoms with Gasteiger partial charge in [-0.1, -0.05) is 12.1 Å². The Morgan fingerprint density at radius 3 is 2.74 bits per heavy atom. The van der Waals surface area contributed by atoms with Crippen molar-refractivity contribution in [3.8, 4) is 11.5 Å². The van der Waals surface area contributed by atoms with E-state index in [-0.39, 0.29) is 17.5 Å². The fourth-order valence-electron chi connectivity index (χ4n) is 6.76. The number of aliphatic hydroxyl groups is 1. The van der Waals surface area contributed by atoms with E-state index in [4.69, 9.17) is 4.74 Å². The Bertz CT molecular complexity index is 1330. The molecule has 2 bridgehead atoms. The average Bonchev–Trinajstić information content (AvgIpc) is 3.18. The summed E-state index contributed by atoms with van der Waals surface area (Å²) in [6, 6.07) is 7.12. The molecular formula is C23H23N5O7. The van der Waals surface area contributed by atoms with Gasteiger partial charge >= 0.3 is 11.4 Å². The van der Waals surface area contributed by atoms with Crippen molar-refractivity contribution >= 4 is 22.8 Å². The molecule has 2 fully saturated rings. The number of nitro benzene ring substituents is 2. The summed E-state index contributed by atoms with van der Waals surface area (Å²) in [5.41, 5.74) is 1.68. The highest BCUT2D eigenvalue weighted by Gasteiger charge is 2.72. The number of nitrogens with zero attached hydrogens (tertiary/aromatic N) is 4. The highest BCUT2D eigenvalue weighted by Crippen LogP contribution is 2.64. The predicted octanol–water partition coefficient (Wildman–Crippen LogP) is 2.46. The summed E-state index contributed by atoms with van der Waals surface area (Å²) in [4.78, 5) is 23.5. The fourth-order valence-corrected chi connectivity index (χ4v) is 6.76. The molecule has 2 aliphatic heterocycles. The number of nitro groups is 2. The summed E-state index contributed by atoms with van der Waals surface area (Å²) in [5, 5.41) is 50.1. The Labute approximate surface area is 199 Å². The van der Waals surface area contributed by atoms with Crippen LogP contribution in [0.25, 0.3) is 0 Å². The van der Waals surface area contributed by atoms with Crippen molar-refractivity contribution in [2.24, 2.45) is 5.10 Å². The lowest BCUT2D eigenvalue weighted by Gasteiger charge is -2.62. The van der Waals surface area contributed by atoms with Crippen LogP contribution in [-0.2, 0) is 11.8 Å². The quantitative estimate of drug-likeness (QED) is 0.439. The summed E-state index contributed by atoms with van der Waals surface area (Å²) in [7, 11) is 2.00. The van der Waals surface area contributed by atoms with Gasteiger partial charge in [-0.25, -0.2) is 0 Å². The predicted molar refractivity (Wildman–Crippen MR) is 124 cm³/mol. The minimum atomic E-state index is -1.10. The molecule has 4 aliphatic rings. The van der Waals surface area contributed by atoms with E-state index in [9.17, 15) is 30.4 Å². The van der Waals surface area contributed by atoms with Gasteiger partial charge in [0.1, 0.15) is 5.69 Å². The van der Waals surface area contributed by atoms with Crippen LogP contribution < -0.4 is 10.2 Å². The fraction of sp³-hybridized carbons (Fsp3) is 0.435. The zero-order valence-electron chi connectivity index (χ0n) is 18.8. The van der Waals surface area contributed by atoms with E-state index < -0.39 is 38.3 Å². The third-order valence-corrected chi connectivity index (χ3v) is 8.26. The first-order valence-electron chi connectivity index (χ1n) is 11.4. The highest BCUT2D eigenvalue weighted by molar-refractivity contribution is 5.95. The second-order valence-corrected chi connectivity index (χ2v) is 9.69. The van der Waals surface area contributed by atoms with Gasteiger partial charge in [0, 0.05) is 17.7 Å². The van der Waals surface area contributed by atoms with Crippen LogP contribution in [0.15, 0.2) is 35.4 Å². The lowest BCUT2D eigenvalue weighted by molar-refractivity contribution is -0.421. The van der Waals surface area contributed by atoms with Gasteiger partial charge in [0.15, 0.2) is 17.6 Å². The largest absolute Gasteiger partial charge is 0.504 e. The number of para-hydroxylation sites is 1. The number of hydrogen-bond acceptors (Lipinski definition) is 10. The SMILES string of the molecule is CN1CC[C@]23c4c5ccc(O)c4O[C@H]2C(=NNc2cccc([N+](=O)[O-])c2[N+](=O)[O-])CC[C@@]3(O)[C@H]1C5. The van der Waals surface area contributed by atoms with Crippen molar-refractivity contribution in [3.63, 3.8) is 0 Å². The van der Waals surface area contributed by atoms with E-state index in [0.717, 1.165) is 23.7 Å². The van der Waals surface area contributed by atoms with Gasteiger partial charge in [-0.3, -0.25) is 25.7 Å². The molecule has 2 aromatic rings. The molecule has 1 saturated carbocycles. The van der Waals surface area contributed by atoms with Crippen molar-refractivity contribution in [3.05, 3.63) is 61.7 Å². The van der Waals surface area contributed by atoms with Gasteiger partial charge < -0.3 is 19.8 Å². The second-order valence-electron chi connectivity index (χ2n) is 9.69. The van der Waals surface area contributed by atoms with Gasteiger partial charge in [0.2, 0.25) is 0 Å². The molecule has 35 heavy (non-hydrogen) atoms. The smallest absolute Gasteiger partial charge is 0.370 e. The molecule has 6 rings (SSSR count). The molecule has 2 heterocycles. The number of ether oxygens (including phenoxy) is 1. The summed E-state index contributed by atoms with van der Waals surface area (Å²) in [5.74, 6) is 0.346. The van der Waals surface area contributed by atoms with Crippen LogP contribution in [0.1, 0.15) is 30.4 Å². The van der Waals surface area contributed by atoms with E-state index >= 15 is 0 Å². The topological polar surface area (TPSA) is 164 Å². The molecule has 0 radical (unpaired) electrons. The maximum Gasteiger partial charge on any atom is 0.370 e. The molecule has 12 heteroatoms. The molecule has 2 aliphatic carbocycles. The van der Waals surface area contributed by atoms with Gasteiger partial charge in [-0.05, 0) is 57.0 Å². The van der Waals surface area contributed by atoms with Crippen LogP contribution in [-0.4, -0.2) is 62.0 Å². The van der Waals surface area contributed by atoms with Crippen LogP contribution >= 0.6 is 0 Å². The third kappa shape index (κ3) is 2.66. The van der Waals surface area contributed by atoms with Crippen molar-refractivity contribution in [2.45, 2.75) is 48.8 Å². The lowest BCUT2D eigenvalue weighted by atomic mass is 9.49. The monoisotopic (exact) mass is 481 g/mol. The second kappa shape index (κ2) is 7.12. The van der Waals surface area contributed by atoms with Crippen molar-refractivity contribution in [1.82, 2.24) is 4.90 Å². The number of phenols is 1. The molecule has 0 aromatic heterocycles. The molecule has 2 aromatic carbocycles. The van der Waals surface area contributed by atoms with Crippen molar-refractivity contribution in [2.75, 3.05) is 19.0 Å². The molecule has 4 atom stereocenters. The van der Waals surface area contributed by atoms with Crippen LogP contribution in [0.2, 0.25) is 0 Å². The molecule has 3 N–H and O–H groups in total. The maximum atomic E-state index is 12.1. The number of hydrogen-bond donors (Lipinski definition) is 3. The van der Waals surface area contributed by atoms with Gasteiger partial charge in [0.25, 0.3) is 0 Å². The number of likely N-dealkylation sites (tertiary alicyclic amines) is 1. The van der Waals surface area contributed by atoms with Gasteiger partial charge in [-0.2, -0.15) is 5.10 Å². The number of phenolic OH excluding ortho intramolecular Hbond substituents is 1. The van der Waals surface area contributed by atoms with Gasteiger partial charge in [0.05, 0.1) is 26.6 Å². The third-order valence-electron chi connectivity index (χ3n) is 8.26. The lowest BCUT2D eigenvalue weighted by Crippen LogP contribution is -2.76. The Morgan fingerprint density at radius 2 is 2.00 bits per heavy atom. The minimum Gasteiger partial charge on any atom is -0.504 e. The number of hydrazone groups is 1. The minimum absolute atomic E-state index is 0.00566. The summed E-state index contributed by atoms with van der Waals surface area (Å²) in [6.45, 7) is 0.721. The molecule has 182 valence electrons. The molecule has 0 unspecified atom stereocenters. The zero-order valence-corrected chi connectivity index (χ0v) is 18.8. The standard InChI is InChI=1S/C23H23N5O7/c1-26-10-9-22-18-12-5-6-16(29)20(18)35-21(22)14(7-8-23(22,30)17(26)11-12)25-24-13-3-2-4-15(27(31)32)19(13)28(33)34/h2-6,17,21,24,29-30H,7-11H2,1H3/t17-,21+,22+,23-/m1/s1. The number of likely N-dealkylation sites (N-methyl/N-ethyl adjacent to an activating group) is 1. The normalized spacial score (nSPS) is 31.5.